The summed E-state index contributed by atoms with van der Waals surface area (Å²) in [5, 5.41) is 11.3. The quantitative estimate of drug-likeness (QED) is 0.450. The molecule has 10 nitrogen and oxygen atoms in total. The normalized spacial score (nSPS) is 15.8. The zero-order valence-electron chi connectivity index (χ0n) is 21.7. The third-order valence-corrected chi connectivity index (χ3v) is 7.72. The van der Waals surface area contributed by atoms with Crippen molar-refractivity contribution in [3.8, 4) is 11.5 Å². The van der Waals surface area contributed by atoms with Crippen molar-refractivity contribution in [2.75, 3.05) is 4.90 Å². The zero-order valence-corrected chi connectivity index (χ0v) is 23.2. The number of nitrogens with zero attached hydrogens (tertiary/aromatic N) is 3. The second-order valence-corrected chi connectivity index (χ2v) is 12.3. The van der Waals surface area contributed by atoms with Gasteiger partial charge in [-0.15, -0.1) is 10.2 Å². The van der Waals surface area contributed by atoms with Crippen LogP contribution < -0.4 is 16.0 Å². The maximum absolute atomic E-state index is 15.4. The number of nitrogens with two attached hydrogens (primary N) is 1. The number of rotatable bonds is 6. The number of aromatic nitrogens is 2. The summed E-state index contributed by atoms with van der Waals surface area (Å²) < 4.78 is 47.8. The van der Waals surface area contributed by atoms with E-state index in [-0.39, 0.29) is 36.0 Å². The van der Waals surface area contributed by atoms with Crippen LogP contribution >= 0.6 is 11.6 Å². The van der Waals surface area contributed by atoms with Crippen LogP contribution in [0.1, 0.15) is 45.6 Å². The van der Waals surface area contributed by atoms with E-state index in [1.54, 1.807) is 31.2 Å². The highest BCUT2D eigenvalue weighted by molar-refractivity contribution is 7.94. The van der Waals surface area contributed by atoms with E-state index >= 15 is 4.39 Å². The van der Waals surface area contributed by atoms with Crippen molar-refractivity contribution < 1.29 is 26.8 Å². The van der Waals surface area contributed by atoms with Crippen LogP contribution in [-0.4, -0.2) is 36.5 Å². The molecule has 2 aromatic carbocycles. The maximum atomic E-state index is 15.4. The van der Waals surface area contributed by atoms with Gasteiger partial charge in [0, 0.05) is 10.4 Å². The van der Waals surface area contributed by atoms with E-state index in [2.05, 4.69) is 15.5 Å². The number of carbonyl (C=O) groups is 2. The number of halogens is 2. The lowest BCUT2D eigenvalue weighted by Gasteiger charge is -2.25. The first-order valence-electron chi connectivity index (χ1n) is 12.0. The minimum absolute atomic E-state index is 0.131. The zero-order chi connectivity index (χ0) is 28.7. The van der Waals surface area contributed by atoms with Crippen LogP contribution in [0.5, 0.6) is 0 Å². The van der Waals surface area contributed by atoms with Gasteiger partial charge >= 0.3 is 0 Å². The molecule has 2 amide bonds. The number of anilines is 1. The van der Waals surface area contributed by atoms with E-state index in [0.717, 1.165) is 11.0 Å². The molecule has 0 spiro atoms. The molecule has 1 aliphatic heterocycles. The van der Waals surface area contributed by atoms with Crippen LogP contribution in [-0.2, 0) is 31.4 Å². The third kappa shape index (κ3) is 5.87. The van der Waals surface area contributed by atoms with Gasteiger partial charge in [-0.25, -0.2) is 12.8 Å². The van der Waals surface area contributed by atoms with Crippen LogP contribution in [0.2, 0.25) is 5.02 Å². The standard InChI is InChI=1S/C26H27ClFN5O5S/c1-5-18(29)22(34)30-19-13-39(36,37)21-11-17(28)16(23-31-32-25(38-23)26(2,3)4)10-20(21)33(24(19)35)12-14-6-8-15(27)9-7-14/h6-11,13,18H,5,12,29H2,1-4H3,(H,30,34)/t18-/m0/s1. The molecule has 1 aliphatic rings. The molecule has 4 rings (SSSR count). The van der Waals surface area contributed by atoms with E-state index in [1.807, 2.05) is 20.8 Å². The number of fused-ring (bicyclic) bond motifs is 1. The Morgan fingerprint density at radius 2 is 1.87 bits per heavy atom. The minimum atomic E-state index is -4.42. The van der Waals surface area contributed by atoms with Crippen molar-refractivity contribution in [1.29, 1.82) is 0 Å². The van der Waals surface area contributed by atoms with Crippen molar-refractivity contribution in [3.05, 3.63) is 69.8 Å². The van der Waals surface area contributed by atoms with E-state index in [9.17, 15) is 18.0 Å². The molecule has 0 bridgehead atoms. The summed E-state index contributed by atoms with van der Waals surface area (Å²) in [6.45, 7) is 7.04. The third-order valence-electron chi connectivity index (χ3n) is 5.98. The predicted octanol–water partition coefficient (Wildman–Crippen LogP) is 3.84. The summed E-state index contributed by atoms with van der Waals surface area (Å²) in [7, 11) is -4.42. The topological polar surface area (TPSA) is 148 Å². The van der Waals surface area contributed by atoms with Crippen LogP contribution in [0.3, 0.4) is 0 Å². The van der Waals surface area contributed by atoms with Gasteiger partial charge in [0.25, 0.3) is 11.8 Å². The van der Waals surface area contributed by atoms with Crippen molar-refractivity contribution in [1.82, 2.24) is 15.5 Å². The summed E-state index contributed by atoms with van der Waals surface area (Å²) in [6.07, 6.45) is 0.254. The lowest BCUT2D eigenvalue weighted by atomic mass is 9.97. The molecule has 0 unspecified atom stereocenters. The number of sulfone groups is 1. The van der Waals surface area contributed by atoms with Crippen LogP contribution in [0.4, 0.5) is 10.1 Å². The number of hydrogen-bond donors (Lipinski definition) is 2. The maximum Gasteiger partial charge on any atom is 0.275 e. The Labute approximate surface area is 229 Å². The summed E-state index contributed by atoms with van der Waals surface area (Å²) in [5.74, 6) is -2.47. The Bertz CT molecular complexity index is 1580. The lowest BCUT2D eigenvalue weighted by molar-refractivity contribution is -0.124. The lowest BCUT2D eigenvalue weighted by Crippen LogP contribution is -2.44. The van der Waals surface area contributed by atoms with Crippen LogP contribution in [0.15, 0.2) is 56.8 Å². The van der Waals surface area contributed by atoms with Gasteiger partial charge in [-0.2, -0.15) is 0 Å². The van der Waals surface area contributed by atoms with Crippen molar-refractivity contribution >= 4 is 38.9 Å². The average Bonchev–Trinajstić information content (AvgIpc) is 3.35. The fourth-order valence-corrected chi connectivity index (χ4v) is 5.18. The Kier molecular flexibility index (Phi) is 7.66. The molecule has 13 heteroatoms. The van der Waals surface area contributed by atoms with Gasteiger partial charge in [-0.3, -0.25) is 9.59 Å². The summed E-state index contributed by atoms with van der Waals surface area (Å²) in [5.41, 5.74) is 4.99. The Morgan fingerprint density at radius 3 is 2.46 bits per heavy atom. The van der Waals surface area contributed by atoms with Gasteiger partial charge in [0.1, 0.15) is 11.5 Å². The number of amides is 2. The van der Waals surface area contributed by atoms with Crippen LogP contribution in [0, 0.1) is 5.82 Å². The fourth-order valence-electron chi connectivity index (χ4n) is 3.73. The Balaban J connectivity index is 1.90. The van der Waals surface area contributed by atoms with Gasteiger partial charge in [-0.1, -0.05) is 51.4 Å². The number of carbonyl (C=O) groups excluding carboxylic acids is 2. The molecule has 3 N–H and O–H groups in total. The summed E-state index contributed by atoms with van der Waals surface area (Å²) in [4.78, 5) is 26.9. The monoisotopic (exact) mass is 575 g/mol. The van der Waals surface area contributed by atoms with E-state index in [1.165, 1.54) is 6.07 Å². The van der Waals surface area contributed by atoms with Gasteiger partial charge in [0.2, 0.25) is 21.6 Å². The first-order valence-corrected chi connectivity index (χ1v) is 13.9. The molecule has 1 aromatic heterocycles. The molecular formula is C26H27ClFN5O5S. The highest BCUT2D eigenvalue weighted by Crippen LogP contribution is 2.38. The number of benzene rings is 2. The molecule has 2 heterocycles. The Hall–Kier alpha value is -3.61. The predicted molar refractivity (Wildman–Crippen MR) is 143 cm³/mol. The molecule has 0 radical (unpaired) electrons. The van der Waals surface area contributed by atoms with Gasteiger partial charge in [0.15, 0.2) is 0 Å². The SMILES string of the molecule is CC[C@H](N)C(=O)NC1=CS(=O)(=O)c2cc(F)c(-c3nnc(C(C)(C)C)o3)cc2N(Cc2ccc(Cl)cc2)C1=O. The molecule has 0 fully saturated rings. The molecule has 0 aliphatic carbocycles. The van der Waals surface area contributed by atoms with E-state index < -0.39 is 49.5 Å². The van der Waals surface area contributed by atoms with Gasteiger partial charge in [0.05, 0.1) is 34.1 Å². The molecule has 3 aromatic rings. The number of hydrogen-bond acceptors (Lipinski definition) is 8. The molecule has 0 saturated carbocycles. The second kappa shape index (κ2) is 10.5. The Morgan fingerprint density at radius 1 is 1.21 bits per heavy atom. The fraction of sp³-hybridized carbons (Fsp3) is 0.308. The molecule has 1 atom stereocenters. The van der Waals surface area contributed by atoms with E-state index in [4.69, 9.17) is 21.8 Å². The largest absolute Gasteiger partial charge is 0.420 e. The molecular weight excluding hydrogens is 549 g/mol. The van der Waals surface area contributed by atoms with Crippen LogP contribution in [0.25, 0.3) is 11.5 Å². The highest BCUT2D eigenvalue weighted by Gasteiger charge is 2.35. The summed E-state index contributed by atoms with van der Waals surface area (Å²) in [6, 6.07) is 7.52. The van der Waals surface area contributed by atoms with Crippen molar-refractivity contribution in [3.63, 3.8) is 0 Å². The number of nitrogens with one attached hydrogen (secondary N) is 1. The minimum Gasteiger partial charge on any atom is -0.420 e. The van der Waals surface area contributed by atoms with Gasteiger partial charge < -0.3 is 20.4 Å². The second-order valence-electron chi connectivity index (χ2n) is 10.1. The molecule has 39 heavy (non-hydrogen) atoms. The smallest absolute Gasteiger partial charge is 0.275 e. The van der Waals surface area contributed by atoms with E-state index in [0.29, 0.717) is 16.0 Å². The molecule has 0 saturated heterocycles. The first kappa shape index (κ1) is 28.4. The van der Waals surface area contributed by atoms with Gasteiger partial charge in [-0.05, 0) is 36.2 Å². The average molecular weight is 576 g/mol. The van der Waals surface area contributed by atoms with Crippen molar-refractivity contribution in [2.45, 2.75) is 57.0 Å². The summed E-state index contributed by atoms with van der Waals surface area (Å²) >= 11 is 6.00. The van der Waals surface area contributed by atoms with Crippen molar-refractivity contribution in [2.24, 2.45) is 5.73 Å². The highest BCUT2D eigenvalue weighted by atomic mass is 35.5. The molecule has 206 valence electrons. The first-order chi connectivity index (χ1) is 18.2.